The molecule has 4 nitrogen and oxygen atoms in total. The smallest absolute Gasteiger partial charge is 0.347 e. The minimum Gasteiger partial charge on any atom is -0.462 e. The third-order valence-corrected chi connectivity index (χ3v) is 5.12. The Morgan fingerprint density at radius 1 is 0.897 bits per heavy atom. The lowest BCUT2D eigenvalue weighted by molar-refractivity contribution is -0.165. The summed E-state index contributed by atoms with van der Waals surface area (Å²) in [5.74, 6) is -0.378. The molecule has 0 aliphatic heterocycles. The van der Waals surface area contributed by atoms with Crippen LogP contribution >= 0.6 is 12.4 Å². The van der Waals surface area contributed by atoms with Crippen LogP contribution in [0.3, 0.4) is 0 Å². The van der Waals surface area contributed by atoms with Crippen molar-refractivity contribution in [2.24, 2.45) is 0 Å². The van der Waals surface area contributed by atoms with E-state index in [0.717, 1.165) is 30.8 Å². The maximum atomic E-state index is 13.3. The Kier molecular flexibility index (Phi) is 11.6. The molecule has 29 heavy (non-hydrogen) atoms. The van der Waals surface area contributed by atoms with Crippen molar-refractivity contribution in [3.05, 3.63) is 71.8 Å². The molecule has 0 saturated carbocycles. The van der Waals surface area contributed by atoms with E-state index in [1.54, 1.807) is 7.11 Å². The summed E-state index contributed by atoms with van der Waals surface area (Å²) in [5.41, 5.74) is 0.273. The van der Waals surface area contributed by atoms with E-state index in [4.69, 9.17) is 9.47 Å². The molecule has 5 heteroatoms. The van der Waals surface area contributed by atoms with Crippen molar-refractivity contribution in [3.8, 4) is 0 Å². The van der Waals surface area contributed by atoms with Gasteiger partial charge in [-0.05, 0) is 30.6 Å². The topological polar surface area (TPSA) is 38.8 Å². The van der Waals surface area contributed by atoms with Crippen molar-refractivity contribution in [1.29, 1.82) is 0 Å². The van der Waals surface area contributed by atoms with Gasteiger partial charge < -0.3 is 14.4 Å². The third-order valence-electron chi connectivity index (χ3n) is 5.12. The normalized spacial score (nSPS) is 11.2. The zero-order valence-corrected chi connectivity index (χ0v) is 18.6. The Bertz CT molecular complexity index is 654. The molecule has 0 saturated heterocycles. The second kappa shape index (κ2) is 13.4. The molecule has 0 bridgehead atoms. The Balaban J connectivity index is 0.00000420. The molecule has 0 N–H and O–H groups in total. The summed E-state index contributed by atoms with van der Waals surface area (Å²) < 4.78 is 11.6. The zero-order chi connectivity index (χ0) is 20.2. The van der Waals surface area contributed by atoms with Gasteiger partial charge in [0.15, 0.2) is 0 Å². The number of unbranched alkanes of at least 4 members (excludes halogenated alkanes) is 2. The predicted molar refractivity (Wildman–Crippen MR) is 121 cm³/mol. The third kappa shape index (κ3) is 6.56. The fraction of sp³-hybridized carbons (Fsp3) is 0.458. The number of rotatable bonds is 12. The van der Waals surface area contributed by atoms with Gasteiger partial charge >= 0.3 is 5.97 Å². The summed E-state index contributed by atoms with van der Waals surface area (Å²) in [4.78, 5) is 15.6. The highest BCUT2D eigenvalue weighted by molar-refractivity contribution is 5.86. The molecule has 0 fully saturated rings. The lowest BCUT2D eigenvalue weighted by atomic mass is 9.86. The number of ether oxygens (including phenoxy) is 2. The van der Waals surface area contributed by atoms with Gasteiger partial charge in [-0.15, -0.1) is 12.4 Å². The quantitative estimate of drug-likeness (QED) is 0.356. The van der Waals surface area contributed by atoms with Crippen LogP contribution in [0.25, 0.3) is 0 Å². The summed E-state index contributed by atoms with van der Waals surface area (Å²) in [6.07, 6.45) is 3.61. The van der Waals surface area contributed by atoms with Crippen LogP contribution in [-0.4, -0.2) is 44.2 Å². The molecule has 0 aliphatic rings. The summed E-state index contributed by atoms with van der Waals surface area (Å²) in [5, 5.41) is 0. The summed E-state index contributed by atoms with van der Waals surface area (Å²) >= 11 is 0. The molecule has 0 heterocycles. The lowest BCUT2D eigenvalue weighted by Gasteiger charge is -2.31. The highest BCUT2D eigenvalue weighted by atomic mass is 35.5. The van der Waals surface area contributed by atoms with E-state index in [1.807, 2.05) is 60.7 Å². The van der Waals surface area contributed by atoms with Gasteiger partial charge in [-0.3, -0.25) is 0 Å². The van der Waals surface area contributed by atoms with Crippen LogP contribution in [-0.2, 0) is 19.9 Å². The highest BCUT2D eigenvalue weighted by Crippen LogP contribution is 2.34. The van der Waals surface area contributed by atoms with Crippen LogP contribution in [0.1, 0.15) is 44.2 Å². The first-order valence-electron chi connectivity index (χ1n) is 10.2. The number of esters is 1. The van der Waals surface area contributed by atoms with E-state index in [-0.39, 0.29) is 18.4 Å². The van der Waals surface area contributed by atoms with Crippen LogP contribution in [0.15, 0.2) is 60.7 Å². The number of likely N-dealkylation sites (N-methyl/N-ethyl adjacent to an activating group) is 1. The van der Waals surface area contributed by atoms with Crippen LogP contribution in [0.2, 0.25) is 0 Å². The van der Waals surface area contributed by atoms with Crippen LogP contribution in [0, 0.1) is 0 Å². The van der Waals surface area contributed by atoms with Crippen LogP contribution in [0.4, 0.5) is 0 Å². The number of halogens is 1. The van der Waals surface area contributed by atoms with E-state index in [0.29, 0.717) is 6.61 Å². The van der Waals surface area contributed by atoms with Gasteiger partial charge in [0.2, 0.25) is 5.60 Å². The number of nitrogens with zero attached hydrogens (tertiary/aromatic N) is 1. The molecule has 0 aromatic heterocycles. The molecule has 0 unspecified atom stereocenters. The Morgan fingerprint density at radius 3 is 1.90 bits per heavy atom. The predicted octanol–water partition coefficient (Wildman–Crippen LogP) is 5.05. The van der Waals surface area contributed by atoms with E-state index >= 15 is 0 Å². The minimum atomic E-state index is -1.26. The van der Waals surface area contributed by atoms with Crippen molar-refractivity contribution in [3.63, 3.8) is 0 Å². The van der Waals surface area contributed by atoms with Crippen LogP contribution in [0.5, 0.6) is 0 Å². The van der Waals surface area contributed by atoms with Gasteiger partial charge in [-0.25, -0.2) is 4.79 Å². The summed E-state index contributed by atoms with van der Waals surface area (Å²) in [6.45, 7) is 7.42. The number of carbonyl (C=O) groups is 1. The first-order valence-corrected chi connectivity index (χ1v) is 10.2. The van der Waals surface area contributed by atoms with Crippen molar-refractivity contribution in [1.82, 2.24) is 4.90 Å². The standard InChI is InChI=1S/C24H33NO3.ClH/c1-4-6-13-18-25(5-2)19-20-28-23(26)24(27-3,21-14-9-7-10-15-21)22-16-11-8-12-17-22;/h7-12,14-17H,4-6,13,18-20H2,1-3H3;1H. The van der Waals surface area contributed by atoms with Crippen molar-refractivity contribution >= 4 is 18.4 Å². The van der Waals surface area contributed by atoms with Gasteiger partial charge in [-0.2, -0.15) is 0 Å². The summed E-state index contributed by atoms with van der Waals surface area (Å²) in [6, 6.07) is 19.1. The van der Waals surface area contributed by atoms with Gasteiger partial charge in [0.25, 0.3) is 0 Å². The first kappa shape index (κ1) is 25.2. The first-order chi connectivity index (χ1) is 13.7. The highest BCUT2D eigenvalue weighted by Gasteiger charge is 2.44. The largest absolute Gasteiger partial charge is 0.462 e. The Morgan fingerprint density at radius 2 is 1.45 bits per heavy atom. The molecule has 0 spiro atoms. The molecule has 2 rings (SSSR count). The maximum Gasteiger partial charge on any atom is 0.347 e. The average molecular weight is 420 g/mol. The molecular formula is C24H34ClNO3. The SMILES string of the molecule is CCCCCN(CC)CCOC(=O)C(OC)(c1ccccc1)c1ccccc1.Cl. The molecule has 2 aromatic rings. The van der Waals surface area contributed by atoms with E-state index in [1.165, 1.54) is 19.3 Å². The molecule has 0 radical (unpaired) electrons. The van der Waals surface area contributed by atoms with Gasteiger partial charge in [0.05, 0.1) is 0 Å². The molecular weight excluding hydrogens is 386 g/mol. The number of methoxy groups -OCH3 is 1. The van der Waals surface area contributed by atoms with Crippen LogP contribution < -0.4 is 0 Å². The number of carbonyl (C=O) groups excluding carboxylic acids is 1. The zero-order valence-electron chi connectivity index (χ0n) is 17.8. The Labute approximate surface area is 181 Å². The van der Waals surface area contributed by atoms with Crippen molar-refractivity contribution < 1.29 is 14.3 Å². The second-order valence-electron chi connectivity index (χ2n) is 6.89. The molecule has 160 valence electrons. The second-order valence-corrected chi connectivity index (χ2v) is 6.89. The minimum absolute atomic E-state index is 0. The van der Waals surface area contributed by atoms with Gasteiger partial charge in [-0.1, -0.05) is 87.4 Å². The number of hydrogen-bond donors (Lipinski definition) is 0. The molecule has 0 atom stereocenters. The van der Waals surface area contributed by atoms with E-state index in [2.05, 4.69) is 18.7 Å². The molecule has 2 aromatic carbocycles. The van der Waals surface area contributed by atoms with Gasteiger partial charge in [0, 0.05) is 13.7 Å². The number of benzene rings is 2. The number of hydrogen-bond acceptors (Lipinski definition) is 4. The van der Waals surface area contributed by atoms with Crippen molar-refractivity contribution in [2.45, 2.75) is 38.7 Å². The lowest BCUT2D eigenvalue weighted by Crippen LogP contribution is -2.41. The maximum absolute atomic E-state index is 13.3. The fourth-order valence-corrected chi connectivity index (χ4v) is 3.45. The molecule has 0 aliphatic carbocycles. The monoisotopic (exact) mass is 419 g/mol. The average Bonchev–Trinajstić information content (AvgIpc) is 2.75. The van der Waals surface area contributed by atoms with E-state index in [9.17, 15) is 4.79 Å². The van der Waals surface area contributed by atoms with Crippen molar-refractivity contribution in [2.75, 3.05) is 33.4 Å². The van der Waals surface area contributed by atoms with E-state index < -0.39 is 5.60 Å². The van der Waals surface area contributed by atoms with Gasteiger partial charge in [0.1, 0.15) is 6.61 Å². The summed E-state index contributed by atoms with van der Waals surface area (Å²) in [7, 11) is 1.56. The Hall–Kier alpha value is -1.88. The molecule has 0 amide bonds. The fourth-order valence-electron chi connectivity index (χ4n) is 3.45.